The number of amides is 1. The molecule has 0 fully saturated rings. The number of rotatable bonds is 4. The van der Waals surface area contributed by atoms with Crippen molar-refractivity contribution in [3.8, 4) is 0 Å². The van der Waals surface area contributed by atoms with Crippen LogP contribution in [0.2, 0.25) is 0 Å². The van der Waals surface area contributed by atoms with Crippen molar-refractivity contribution in [2.45, 2.75) is 37.4 Å². The number of hydrogen-bond acceptors (Lipinski definition) is 3. The fourth-order valence-electron chi connectivity index (χ4n) is 2.16. The molecule has 1 amide bonds. The van der Waals surface area contributed by atoms with Crippen LogP contribution in [0, 0.1) is 0 Å². The fraction of sp³-hybridized carbons (Fsp3) is 0.278. The number of alkyl halides is 3. The minimum atomic E-state index is -4.65. The van der Waals surface area contributed by atoms with Crippen molar-refractivity contribution in [3.05, 3.63) is 59.7 Å². The van der Waals surface area contributed by atoms with E-state index in [-0.39, 0.29) is 11.6 Å². The molecular weight excluding hydrogens is 381 g/mol. The molecule has 0 radical (unpaired) electrons. The Balaban J connectivity index is 2.20. The van der Waals surface area contributed by atoms with Gasteiger partial charge in [0.25, 0.3) is 15.9 Å². The molecule has 0 saturated heterocycles. The molecule has 5 nitrogen and oxygen atoms in total. The number of nitrogens with one attached hydrogen (secondary N) is 2. The highest BCUT2D eigenvalue weighted by atomic mass is 32.2. The maximum Gasteiger partial charge on any atom is 0.416 e. The average molecular weight is 400 g/mol. The van der Waals surface area contributed by atoms with Gasteiger partial charge >= 0.3 is 6.18 Å². The van der Waals surface area contributed by atoms with Crippen LogP contribution in [0.4, 0.5) is 18.9 Å². The predicted molar refractivity (Wildman–Crippen MR) is 95.9 cm³/mol. The van der Waals surface area contributed by atoms with Crippen LogP contribution >= 0.6 is 0 Å². The van der Waals surface area contributed by atoms with E-state index in [4.69, 9.17) is 0 Å². The molecule has 2 aromatic rings. The summed E-state index contributed by atoms with van der Waals surface area (Å²) in [7, 11) is -4.21. The van der Waals surface area contributed by atoms with E-state index in [1.54, 1.807) is 0 Å². The highest BCUT2D eigenvalue weighted by Crippen LogP contribution is 2.30. The first-order valence-corrected chi connectivity index (χ1v) is 9.39. The number of hydrogen-bond donors (Lipinski definition) is 2. The zero-order chi connectivity index (χ0) is 20.5. The van der Waals surface area contributed by atoms with E-state index in [9.17, 15) is 26.4 Å². The van der Waals surface area contributed by atoms with Gasteiger partial charge in [0.15, 0.2) is 0 Å². The molecule has 0 aliphatic heterocycles. The van der Waals surface area contributed by atoms with E-state index in [1.807, 2.05) is 20.8 Å². The fourth-order valence-corrected chi connectivity index (χ4v) is 3.26. The minimum Gasteiger partial charge on any atom is -0.347 e. The molecule has 9 heteroatoms. The molecule has 146 valence electrons. The maximum atomic E-state index is 12.8. The Morgan fingerprint density at radius 3 is 2.07 bits per heavy atom. The summed E-state index contributed by atoms with van der Waals surface area (Å²) in [6.45, 7) is 5.47. The van der Waals surface area contributed by atoms with Gasteiger partial charge in [-0.3, -0.25) is 9.52 Å². The number of carbonyl (C=O) groups excluding carboxylic acids is 1. The lowest BCUT2D eigenvalue weighted by Gasteiger charge is -2.20. The molecule has 2 N–H and O–H groups in total. The summed E-state index contributed by atoms with van der Waals surface area (Å²) in [5.74, 6) is -0.324. The quantitative estimate of drug-likeness (QED) is 0.814. The lowest BCUT2D eigenvalue weighted by Crippen LogP contribution is -2.40. The lowest BCUT2D eigenvalue weighted by atomic mass is 10.1. The van der Waals surface area contributed by atoms with Crippen molar-refractivity contribution >= 4 is 21.6 Å². The lowest BCUT2D eigenvalue weighted by molar-refractivity contribution is -0.137. The van der Waals surface area contributed by atoms with E-state index in [2.05, 4.69) is 10.0 Å². The molecule has 0 aliphatic carbocycles. The average Bonchev–Trinajstić information content (AvgIpc) is 2.53. The monoisotopic (exact) mass is 400 g/mol. The highest BCUT2D eigenvalue weighted by molar-refractivity contribution is 7.92. The van der Waals surface area contributed by atoms with Crippen LogP contribution in [0.1, 0.15) is 36.7 Å². The summed E-state index contributed by atoms with van der Waals surface area (Å²) < 4.78 is 65.2. The summed E-state index contributed by atoms with van der Waals surface area (Å²) in [6, 6.07) is 9.02. The molecule has 0 heterocycles. The maximum absolute atomic E-state index is 12.8. The number of anilines is 1. The van der Waals surface area contributed by atoms with Crippen LogP contribution in [-0.2, 0) is 16.2 Å². The van der Waals surface area contributed by atoms with Gasteiger partial charge in [-0.05, 0) is 63.2 Å². The van der Waals surface area contributed by atoms with Gasteiger partial charge in [0.2, 0.25) is 0 Å². The van der Waals surface area contributed by atoms with Gasteiger partial charge in [-0.2, -0.15) is 13.2 Å². The number of sulfonamides is 1. The van der Waals surface area contributed by atoms with Gasteiger partial charge in [0, 0.05) is 16.8 Å². The molecule has 0 aromatic heterocycles. The molecular formula is C18H19F3N2O3S. The van der Waals surface area contributed by atoms with Gasteiger partial charge in [-0.15, -0.1) is 0 Å². The van der Waals surface area contributed by atoms with Crippen LogP contribution in [-0.4, -0.2) is 19.9 Å². The SMILES string of the molecule is CC(C)(C)NC(=O)c1ccc(NS(=O)(=O)c2cccc(C(F)(F)F)c2)cc1. The molecule has 2 aromatic carbocycles. The van der Waals surface area contributed by atoms with E-state index >= 15 is 0 Å². The van der Waals surface area contributed by atoms with Crippen LogP contribution in [0.25, 0.3) is 0 Å². The second-order valence-electron chi connectivity index (χ2n) is 6.91. The van der Waals surface area contributed by atoms with Crippen molar-refractivity contribution in [2.75, 3.05) is 4.72 Å². The van der Waals surface area contributed by atoms with Crippen molar-refractivity contribution in [1.82, 2.24) is 5.32 Å². The van der Waals surface area contributed by atoms with Gasteiger partial charge < -0.3 is 5.32 Å². The van der Waals surface area contributed by atoms with Crippen LogP contribution in [0.3, 0.4) is 0 Å². The van der Waals surface area contributed by atoms with E-state index < -0.39 is 32.2 Å². The molecule has 0 saturated carbocycles. The summed E-state index contributed by atoms with van der Waals surface area (Å²) >= 11 is 0. The molecule has 0 atom stereocenters. The van der Waals surface area contributed by atoms with Crippen molar-refractivity contribution < 1.29 is 26.4 Å². The summed E-state index contributed by atoms with van der Waals surface area (Å²) in [5, 5.41) is 2.77. The van der Waals surface area contributed by atoms with Crippen molar-refractivity contribution in [1.29, 1.82) is 0 Å². The van der Waals surface area contributed by atoms with E-state index in [0.717, 1.165) is 18.2 Å². The molecule has 27 heavy (non-hydrogen) atoms. The Hall–Kier alpha value is -2.55. The van der Waals surface area contributed by atoms with Crippen molar-refractivity contribution in [2.24, 2.45) is 0 Å². The Bertz CT molecular complexity index is 932. The van der Waals surface area contributed by atoms with Crippen LogP contribution in [0.15, 0.2) is 53.4 Å². The standard InChI is InChI=1S/C18H19F3N2O3S/c1-17(2,3)22-16(24)12-7-9-14(10-8-12)23-27(25,26)15-6-4-5-13(11-15)18(19,20)21/h4-11,23H,1-3H3,(H,22,24). The predicted octanol–water partition coefficient (Wildman–Crippen LogP) is 4.03. The van der Waals surface area contributed by atoms with E-state index in [0.29, 0.717) is 11.6 Å². The summed E-state index contributed by atoms with van der Waals surface area (Å²) in [6.07, 6.45) is -4.65. The van der Waals surface area contributed by atoms with Crippen LogP contribution in [0.5, 0.6) is 0 Å². The van der Waals surface area contributed by atoms with Gasteiger partial charge in [0.05, 0.1) is 10.5 Å². The smallest absolute Gasteiger partial charge is 0.347 e. The van der Waals surface area contributed by atoms with Gasteiger partial charge in [-0.25, -0.2) is 8.42 Å². The molecule has 0 bridgehead atoms. The summed E-state index contributed by atoms with van der Waals surface area (Å²) in [5.41, 5.74) is -1.04. The largest absolute Gasteiger partial charge is 0.416 e. The zero-order valence-electron chi connectivity index (χ0n) is 14.9. The van der Waals surface area contributed by atoms with Gasteiger partial charge in [-0.1, -0.05) is 6.07 Å². The topological polar surface area (TPSA) is 75.3 Å². The second kappa shape index (κ2) is 7.22. The second-order valence-corrected chi connectivity index (χ2v) is 8.59. The Morgan fingerprint density at radius 2 is 1.56 bits per heavy atom. The zero-order valence-corrected chi connectivity index (χ0v) is 15.7. The number of halogens is 3. The summed E-state index contributed by atoms with van der Waals surface area (Å²) in [4.78, 5) is 11.5. The Labute approximate surface area is 155 Å². The first-order valence-electron chi connectivity index (χ1n) is 7.91. The Kier molecular flexibility index (Phi) is 5.55. The third kappa shape index (κ3) is 5.72. The number of carbonyl (C=O) groups is 1. The molecule has 0 aliphatic rings. The van der Waals surface area contributed by atoms with Gasteiger partial charge in [0.1, 0.15) is 0 Å². The first-order chi connectivity index (χ1) is 12.3. The minimum absolute atomic E-state index is 0.125. The third-order valence-electron chi connectivity index (χ3n) is 3.36. The number of benzene rings is 2. The molecule has 2 rings (SSSR count). The molecule has 0 spiro atoms. The molecule has 0 unspecified atom stereocenters. The van der Waals surface area contributed by atoms with Crippen molar-refractivity contribution in [3.63, 3.8) is 0 Å². The first kappa shape index (κ1) is 20.8. The third-order valence-corrected chi connectivity index (χ3v) is 4.74. The highest BCUT2D eigenvalue weighted by Gasteiger charge is 2.31. The Morgan fingerprint density at radius 1 is 0.963 bits per heavy atom. The van der Waals surface area contributed by atoms with Crippen LogP contribution < -0.4 is 10.0 Å². The normalized spacial score (nSPS) is 12.5. The van der Waals surface area contributed by atoms with E-state index in [1.165, 1.54) is 24.3 Å².